The zero-order valence-electron chi connectivity index (χ0n) is 12.4. The van der Waals surface area contributed by atoms with Crippen molar-refractivity contribution in [1.82, 2.24) is 10.2 Å². The van der Waals surface area contributed by atoms with Crippen LogP contribution in [0.5, 0.6) is 0 Å². The Morgan fingerprint density at radius 1 is 1.26 bits per heavy atom. The van der Waals surface area contributed by atoms with Crippen LogP contribution in [-0.2, 0) is 0 Å². The lowest BCUT2D eigenvalue weighted by Gasteiger charge is -2.21. The van der Waals surface area contributed by atoms with Crippen LogP contribution in [0.2, 0.25) is 0 Å². The van der Waals surface area contributed by atoms with E-state index in [1.165, 1.54) is 58.0 Å². The van der Waals surface area contributed by atoms with Crippen LogP contribution in [0, 0.1) is 17.2 Å². The first-order chi connectivity index (χ1) is 9.31. The number of hydrogen-bond acceptors (Lipinski definition) is 3. The second-order valence-corrected chi connectivity index (χ2v) is 6.34. The molecule has 2 atom stereocenters. The van der Waals surface area contributed by atoms with Gasteiger partial charge < -0.3 is 4.90 Å². The van der Waals surface area contributed by atoms with E-state index in [2.05, 4.69) is 23.2 Å². The molecule has 2 unspecified atom stereocenters. The monoisotopic (exact) mass is 263 g/mol. The third kappa shape index (κ3) is 5.50. The molecule has 0 radical (unpaired) electrons. The molecule has 0 amide bonds. The standard InChI is InChI=1S/C16H29N3/c1-2-4-14-5-3-10-19(11-8-14)12-9-16(13-17)18-15-6-7-15/h14-16,18H,2-12H2,1H3. The lowest BCUT2D eigenvalue weighted by molar-refractivity contribution is 0.268. The first kappa shape index (κ1) is 14.8. The summed E-state index contributed by atoms with van der Waals surface area (Å²) < 4.78 is 0. The molecular weight excluding hydrogens is 234 g/mol. The van der Waals surface area contributed by atoms with Crippen molar-refractivity contribution in [3.05, 3.63) is 0 Å². The van der Waals surface area contributed by atoms with E-state index in [1.807, 2.05) is 0 Å². The number of nitriles is 1. The molecular formula is C16H29N3. The third-order valence-electron chi connectivity index (χ3n) is 4.54. The van der Waals surface area contributed by atoms with Crippen molar-refractivity contribution < 1.29 is 0 Å². The number of hydrogen-bond donors (Lipinski definition) is 1. The van der Waals surface area contributed by atoms with Gasteiger partial charge in [-0.15, -0.1) is 0 Å². The number of nitrogens with one attached hydrogen (secondary N) is 1. The van der Waals surface area contributed by atoms with Crippen molar-refractivity contribution in [3.8, 4) is 6.07 Å². The van der Waals surface area contributed by atoms with Gasteiger partial charge in [-0.1, -0.05) is 19.8 Å². The molecule has 0 bridgehead atoms. The van der Waals surface area contributed by atoms with Crippen LogP contribution < -0.4 is 5.32 Å². The highest BCUT2D eigenvalue weighted by Gasteiger charge is 2.25. The molecule has 1 saturated carbocycles. The molecule has 1 saturated heterocycles. The van der Waals surface area contributed by atoms with E-state index in [0.717, 1.165) is 18.9 Å². The van der Waals surface area contributed by atoms with Crippen molar-refractivity contribution >= 4 is 0 Å². The molecule has 1 aliphatic heterocycles. The molecule has 0 aromatic rings. The molecule has 1 N–H and O–H groups in total. The zero-order chi connectivity index (χ0) is 13.5. The van der Waals surface area contributed by atoms with E-state index >= 15 is 0 Å². The Bertz CT molecular complexity index is 293. The maximum atomic E-state index is 9.17. The fourth-order valence-electron chi connectivity index (χ4n) is 3.18. The lowest BCUT2D eigenvalue weighted by atomic mass is 9.96. The molecule has 3 heteroatoms. The van der Waals surface area contributed by atoms with Crippen LogP contribution in [0.4, 0.5) is 0 Å². The Morgan fingerprint density at radius 3 is 2.79 bits per heavy atom. The highest BCUT2D eigenvalue weighted by atomic mass is 15.1. The van der Waals surface area contributed by atoms with Gasteiger partial charge in [-0.3, -0.25) is 5.32 Å². The summed E-state index contributed by atoms with van der Waals surface area (Å²) in [6.45, 7) is 5.87. The summed E-state index contributed by atoms with van der Waals surface area (Å²) in [7, 11) is 0. The number of rotatable bonds is 7. The third-order valence-corrected chi connectivity index (χ3v) is 4.54. The Hall–Kier alpha value is -0.590. The second kappa shape index (κ2) is 7.87. The SMILES string of the molecule is CCCC1CCCN(CCC(C#N)NC2CC2)CC1. The highest BCUT2D eigenvalue weighted by molar-refractivity contribution is 4.96. The van der Waals surface area contributed by atoms with E-state index in [1.54, 1.807) is 0 Å². The molecule has 3 nitrogen and oxygen atoms in total. The van der Waals surface area contributed by atoms with Crippen LogP contribution in [0.25, 0.3) is 0 Å². The average Bonchev–Trinajstić information content (AvgIpc) is 3.23. The summed E-state index contributed by atoms with van der Waals surface area (Å²) >= 11 is 0. The van der Waals surface area contributed by atoms with Gasteiger partial charge in [0, 0.05) is 12.6 Å². The van der Waals surface area contributed by atoms with Crippen LogP contribution in [0.1, 0.15) is 58.3 Å². The summed E-state index contributed by atoms with van der Waals surface area (Å²) in [6.07, 6.45) is 10.4. The van der Waals surface area contributed by atoms with Crippen molar-refractivity contribution in [2.24, 2.45) is 5.92 Å². The van der Waals surface area contributed by atoms with Gasteiger partial charge in [0.25, 0.3) is 0 Å². The van der Waals surface area contributed by atoms with E-state index in [-0.39, 0.29) is 6.04 Å². The van der Waals surface area contributed by atoms with Crippen LogP contribution in [-0.4, -0.2) is 36.6 Å². The summed E-state index contributed by atoms with van der Waals surface area (Å²) in [6, 6.07) is 3.13. The quantitative estimate of drug-likeness (QED) is 0.767. The Kier molecular flexibility index (Phi) is 6.13. The molecule has 0 aromatic carbocycles. The van der Waals surface area contributed by atoms with Gasteiger partial charge in [0.2, 0.25) is 0 Å². The smallest absolute Gasteiger partial charge is 0.0967 e. The molecule has 2 fully saturated rings. The molecule has 2 aliphatic rings. The minimum atomic E-state index is 0.0715. The topological polar surface area (TPSA) is 39.1 Å². The second-order valence-electron chi connectivity index (χ2n) is 6.34. The molecule has 1 aliphatic carbocycles. The summed E-state index contributed by atoms with van der Waals surface area (Å²) in [5.41, 5.74) is 0. The van der Waals surface area contributed by atoms with Gasteiger partial charge in [0.15, 0.2) is 0 Å². The van der Waals surface area contributed by atoms with E-state index in [9.17, 15) is 0 Å². The maximum absolute atomic E-state index is 9.17. The Balaban J connectivity index is 1.65. The van der Waals surface area contributed by atoms with Gasteiger partial charge in [-0.2, -0.15) is 5.26 Å². The molecule has 19 heavy (non-hydrogen) atoms. The first-order valence-corrected chi connectivity index (χ1v) is 8.19. The maximum Gasteiger partial charge on any atom is 0.0967 e. The molecule has 2 rings (SSSR count). The normalized spacial score (nSPS) is 26.6. The molecule has 0 aromatic heterocycles. The summed E-state index contributed by atoms with van der Waals surface area (Å²) in [5.74, 6) is 0.950. The highest BCUT2D eigenvalue weighted by Crippen LogP contribution is 2.22. The van der Waals surface area contributed by atoms with Crippen molar-refractivity contribution in [1.29, 1.82) is 5.26 Å². The Morgan fingerprint density at radius 2 is 2.11 bits per heavy atom. The van der Waals surface area contributed by atoms with Gasteiger partial charge >= 0.3 is 0 Å². The molecule has 1 heterocycles. The predicted molar refractivity (Wildman–Crippen MR) is 78.9 cm³/mol. The van der Waals surface area contributed by atoms with E-state index in [0.29, 0.717) is 6.04 Å². The predicted octanol–water partition coefficient (Wildman–Crippen LogP) is 2.92. The van der Waals surface area contributed by atoms with Gasteiger partial charge in [0.05, 0.1) is 12.1 Å². The minimum absolute atomic E-state index is 0.0715. The number of likely N-dealkylation sites (tertiary alicyclic amines) is 1. The molecule has 0 spiro atoms. The van der Waals surface area contributed by atoms with E-state index < -0.39 is 0 Å². The zero-order valence-corrected chi connectivity index (χ0v) is 12.4. The van der Waals surface area contributed by atoms with Gasteiger partial charge in [-0.25, -0.2) is 0 Å². The minimum Gasteiger partial charge on any atom is -0.303 e. The fraction of sp³-hybridized carbons (Fsp3) is 0.938. The molecule has 108 valence electrons. The van der Waals surface area contributed by atoms with Gasteiger partial charge in [0.1, 0.15) is 0 Å². The van der Waals surface area contributed by atoms with E-state index in [4.69, 9.17) is 5.26 Å². The first-order valence-electron chi connectivity index (χ1n) is 8.19. The fourth-order valence-corrected chi connectivity index (χ4v) is 3.18. The largest absolute Gasteiger partial charge is 0.303 e. The van der Waals surface area contributed by atoms with Crippen molar-refractivity contribution in [2.45, 2.75) is 70.4 Å². The lowest BCUT2D eigenvalue weighted by Crippen LogP contribution is -2.35. The van der Waals surface area contributed by atoms with Crippen LogP contribution in [0.3, 0.4) is 0 Å². The summed E-state index contributed by atoms with van der Waals surface area (Å²) in [5, 5.41) is 12.6. The van der Waals surface area contributed by atoms with Crippen LogP contribution >= 0.6 is 0 Å². The van der Waals surface area contributed by atoms with Crippen molar-refractivity contribution in [2.75, 3.05) is 19.6 Å². The van der Waals surface area contributed by atoms with Gasteiger partial charge in [-0.05, 0) is 57.5 Å². The van der Waals surface area contributed by atoms with Crippen molar-refractivity contribution in [3.63, 3.8) is 0 Å². The van der Waals surface area contributed by atoms with Crippen LogP contribution in [0.15, 0.2) is 0 Å². The average molecular weight is 263 g/mol. The summed E-state index contributed by atoms with van der Waals surface area (Å²) in [4.78, 5) is 2.58. The number of nitrogens with zero attached hydrogens (tertiary/aromatic N) is 2. The Labute approximate surface area is 118 Å².